The number of nitrogens with zero attached hydrogens (tertiary/aromatic N) is 2. The first kappa shape index (κ1) is 38.4. The van der Waals surface area contributed by atoms with Crippen molar-refractivity contribution < 1.29 is 118 Å². The van der Waals surface area contributed by atoms with Crippen LogP contribution in [0.2, 0.25) is 0 Å². The fourth-order valence-electron chi connectivity index (χ4n) is 2.26. The van der Waals surface area contributed by atoms with Gasteiger partial charge in [0, 0.05) is 152 Å². The van der Waals surface area contributed by atoms with Crippen molar-refractivity contribution in [1.82, 2.24) is 9.80 Å². The number of piperazine rings is 1. The van der Waals surface area contributed by atoms with Gasteiger partial charge in [-0.3, -0.25) is 0 Å². The molecule has 23 heavy (non-hydrogen) atoms. The molecule has 10 heteroatoms. The first-order valence-corrected chi connectivity index (χ1v) is 11.3. The Balaban J connectivity index is -0.000000143. The van der Waals surface area contributed by atoms with Crippen LogP contribution in [0, 0.1) is 119 Å². The van der Waals surface area contributed by atoms with E-state index in [0.717, 1.165) is 18.8 Å². The topological polar surface area (TPSA) is 23.6 Å². The van der Waals surface area contributed by atoms with Gasteiger partial charge in [0.1, 0.15) is 5.78 Å². The second-order valence-electron chi connectivity index (χ2n) is 5.30. The molecule has 0 aromatic carbocycles. The predicted octanol–water partition coefficient (Wildman–Crippen LogP) is 2.87. The van der Waals surface area contributed by atoms with E-state index in [4.69, 9.17) is 0 Å². The Bertz CT molecular complexity index is 253. The van der Waals surface area contributed by atoms with Crippen molar-refractivity contribution >= 4 is 43.5 Å². The smallest absolute Gasteiger partial charge is 0.129 e. The van der Waals surface area contributed by atoms with Crippen molar-refractivity contribution in [3.8, 4) is 0 Å². The molecule has 1 heterocycles. The summed E-state index contributed by atoms with van der Waals surface area (Å²) >= 11 is 3.89. The summed E-state index contributed by atoms with van der Waals surface area (Å²) < 4.78 is 0. The number of carbonyl (C=O) groups is 1. The van der Waals surface area contributed by atoms with E-state index in [-0.39, 0.29) is 113 Å². The largest absolute Gasteiger partial charge is 0.304 e. The Kier molecular flexibility index (Phi) is 48.3. The van der Waals surface area contributed by atoms with E-state index in [0.29, 0.717) is 5.78 Å². The van der Waals surface area contributed by atoms with Crippen LogP contribution >= 0.6 is 25.9 Å². The maximum Gasteiger partial charge on any atom is 0.129 e. The first-order valence-electron chi connectivity index (χ1n) is 7.02. The summed E-state index contributed by atoms with van der Waals surface area (Å²) in [5, 5.41) is 0. The van der Waals surface area contributed by atoms with Crippen molar-refractivity contribution in [2.24, 2.45) is 5.92 Å². The second-order valence-corrected chi connectivity index (χ2v) is 5.30. The molecule has 3 atom stereocenters. The quantitative estimate of drug-likeness (QED) is 0.551. The SMILES string of the molecule is CC(=O)CCC[C@@H](C)CN1CCN(C)CC1.P=S.PP.[Ar].[Ar].[Ar]. The standard InChI is InChI=1S/C13H26N2O.3Ar.H4P2.HPS/c1-12(5-4-6-13(2)16)11-15-9-7-14(3)8-10-15;;;;2*1-2/h12H,4-11H2,1-3H3;;;;1-2H2;1H/t12-;;;;;/m1...../s1. The Morgan fingerprint density at radius 3 is 1.96 bits per heavy atom. The minimum Gasteiger partial charge on any atom is -0.304 e. The van der Waals surface area contributed by atoms with Gasteiger partial charge in [-0.1, -0.05) is 18.7 Å². The minimum absolute atomic E-state index is 0. The van der Waals surface area contributed by atoms with E-state index >= 15 is 0 Å². The molecule has 3 nitrogen and oxygen atoms in total. The molecule has 0 amide bonds. The van der Waals surface area contributed by atoms with Crippen LogP contribution in [0.15, 0.2) is 0 Å². The fraction of sp³-hybridized carbons (Fsp3) is 0.923. The molecule has 0 spiro atoms. The molecule has 1 aliphatic heterocycles. The zero-order valence-corrected chi connectivity index (χ0v) is 20.4. The van der Waals surface area contributed by atoms with E-state index in [2.05, 4.69) is 61.5 Å². The van der Waals surface area contributed by atoms with E-state index in [1.165, 1.54) is 39.1 Å². The number of likely N-dealkylation sites (N-methyl/N-ethyl adjacent to an activating group) is 1. The summed E-state index contributed by atoms with van der Waals surface area (Å²) in [6, 6.07) is 0. The van der Waals surface area contributed by atoms with E-state index in [1.54, 1.807) is 6.92 Å². The van der Waals surface area contributed by atoms with Crippen LogP contribution < -0.4 is 0 Å². The molecule has 0 aliphatic carbocycles. The molecule has 2 unspecified atom stereocenters. The van der Waals surface area contributed by atoms with Gasteiger partial charge in [0.15, 0.2) is 0 Å². The van der Waals surface area contributed by atoms with Crippen LogP contribution in [0.25, 0.3) is 0 Å². The fourth-order valence-corrected chi connectivity index (χ4v) is 2.26. The summed E-state index contributed by atoms with van der Waals surface area (Å²) in [5.41, 5.74) is 0. The Morgan fingerprint density at radius 1 is 1.13 bits per heavy atom. The summed E-state index contributed by atoms with van der Waals surface area (Å²) in [6.07, 6.45) is 3.00. The number of Topliss-reactive ketones (excluding diaryl/α,β-unsaturated/α-hetero) is 1. The van der Waals surface area contributed by atoms with E-state index < -0.39 is 0 Å². The molecule has 0 N–H and O–H groups in total. The van der Waals surface area contributed by atoms with Crippen LogP contribution in [0.4, 0.5) is 0 Å². The maximum atomic E-state index is 10.8. The predicted molar refractivity (Wildman–Crippen MR) is 103 cm³/mol. The second kappa shape index (κ2) is 29.0. The molecule has 0 saturated carbocycles. The van der Waals surface area contributed by atoms with Crippen LogP contribution in [0.5, 0.6) is 0 Å². The van der Waals surface area contributed by atoms with Gasteiger partial charge in [-0.25, -0.2) is 0 Å². The third kappa shape index (κ3) is 26.7. The zero-order valence-electron chi connectivity index (χ0n) is 14.2. The van der Waals surface area contributed by atoms with Crippen molar-refractivity contribution in [2.45, 2.75) is 33.1 Å². The van der Waals surface area contributed by atoms with Gasteiger partial charge in [-0.2, -0.15) is 0 Å². The van der Waals surface area contributed by atoms with Gasteiger partial charge < -0.3 is 14.6 Å². The molecular formula is C13H31Ar3N2OP3S. The molecule has 1 aliphatic rings. The summed E-state index contributed by atoms with van der Waals surface area (Å²) in [6.45, 7) is 9.98. The molecule has 144 valence electrons. The van der Waals surface area contributed by atoms with E-state index in [9.17, 15) is 4.79 Å². The Labute approximate surface area is 245 Å². The molecule has 1 rings (SSSR count). The molecular weight excluding hydrogens is 445 g/mol. The number of hydrogen-bond acceptors (Lipinski definition) is 4. The van der Waals surface area contributed by atoms with Crippen LogP contribution in [-0.4, -0.2) is 55.4 Å². The molecule has 0 bridgehead atoms. The summed E-state index contributed by atoms with van der Waals surface area (Å²) in [4.78, 5) is 15.8. The van der Waals surface area contributed by atoms with Crippen LogP contribution in [0.1, 0.15) is 33.1 Å². The third-order valence-electron chi connectivity index (χ3n) is 3.39. The first-order chi connectivity index (χ1) is 9.58. The molecule has 1 fully saturated rings. The third-order valence-corrected chi connectivity index (χ3v) is 3.39. The molecule has 0 radical (unpaired) electrons. The monoisotopic (exact) mass is 476 g/mol. The van der Waals surface area contributed by atoms with Crippen LogP contribution in [-0.2, 0) is 16.6 Å². The zero-order chi connectivity index (χ0) is 16.0. The Hall–Kier alpha value is 4.75. The number of ketones is 1. The van der Waals surface area contributed by atoms with Gasteiger partial charge >= 0.3 is 0 Å². The van der Waals surface area contributed by atoms with Crippen molar-refractivity contribution in [3.63, 3.8) is 0 Å². The minimum atomic E-state index is 0. The van der Waals surface area contributed by atoms with Gasteiger partial charge in [0.05, 0.1) is 0 Å². The summed E-state index contributed by atoms with van der Waals surface area (Å²) in [7, 11) is 9.41. The maximum absolute atomic E-state index is 10.8. The average Bonchev–Trinajstić information content (AvgIpc) is 2.45. The van der Waals surface area contributed by atoms with Gasteiger partial charge in [-0.15, -0.1) is 17.9 Å². The van der Waals surface area contributed by atoms with Gasteiger partial charge in [0.25, 0.3) is 0 Å². The summed E-state index contributed by atoms with van der Waals surface area (Å²) in [5.74, 6) is 1.05. The van der Waals surface area contributed by atoms with Crippen molar-refractivity contribution in [1.29, 1.82) is 0 Å². The average molecular weight is 476 g/mol. The number of hydrogen-bond donors (Lipinski definition) is 0. The van der Waals surface area contributed by atoms with Gasteiger partial charge in [0.2, 0.25) is 0 Å². The van der Waals surface area contributed by atoms with E-state index in [1.807, 2.05) is 0 Å². The normalized spacial score (nSPS) is 15.0. The number of carbonyl (C=O) groups excluding carboxylic acids is 1. The van der Waals surface area contributed by atoms with Crippen LogP contribution in [0.3, 0.4) is 0 Å². The number of rotatable bonds is 6. The van der Waals surface area contributed by atoms with Crippen molar-refractivity contribution in [2.75, 3.05) is 39.8 Å². The molecule has 0 aromatic heterocycles. The molecule has 0 aromatic rings. The van der Waals surface area contributed by atoms with Gasteiger partial charge in [-0.05, 0) is 40.7 Å². The molecule has 1 saturated heterocycles. The Morgan fingerprint density at radius 2 is 1.57 bits per heavy atom. The van der Waals surface area contributed by atoms with Crippen molar-refractivity contribution in [3.05, 3.63) is 0 Å².